The van der Waals surface area contributed by atoms with E-state index in [1.165, 1.54) is 10.4 Å². The number of hydrogen-bond donors (Lipinski definition) is 0. The van der Waals surface area contributed by atoms with E-state index in [2.05, 4.69) is 82.8 Å². The summed E-state index contributed by atoms with van der Waals surface area (Å²) in [5, 5.41) is 2.27. The number of cyclic esters (lactones) is 2. The molecule has 4 atom stereocenters. The van der Waals surface area contributed by atoms with E-state index in [1.807, 2.05) is 12.1 Å². The average Bonchev–Trinajstić information content (AvgIpc) is 3.45. The minimum Gasteiger partial charge on any atom is -0.462 e. The van der Waals surface area contributed by atoms with Crippen molar-refractivity contribution in [3.8, 4) is 0 Å². The number of esters is 2. The Hall–Kier alpha value is -2.70. The van der Waals surface area contributed by atoms with Crippen molar-refractivity contribution in [2.24, 2.45) is 11.8 Å². The summed E-state index contributed by atoms with van der Waals surface area (Å²) < 4.78 is 18.5. The predicted molar refractivity (Wildman–Crippen MR) is 162 cm³/mol. The molecule has 2 heterocycles. The molecule has 216 valence electrons. The van der Waals surface area contributed by atoms with Crippen LogP contribution in [0.1, 0.15) is 79.1 Å². The van der Waals surface area contributed by atoms with Crippen LogP contribution in [0.4, 0.5) is 0 Å². The molecule has 6 heteroatoms. The molecule has 0 N–H and O–H groups in total. The van der Waals surface area contributed by atoms with Gasteiger partial charge in [-0.3, -0.25) is 9.59 Å². The lowest BCUT2D eigenvalue weighted by atomic mass is 9.89. The SMILES string of the molecule is C=C(C[C@H]1C[C@@H](CCCCC)OC1=O)C[C@H]1C[C@@H](CO[Si](c2ccccc2)(c2ccccc2)C(C)(C)C)OC1=O. The standard InChI is InChI=1S/C34H46O5Si/c1-6-7-10-15-28-22-26(32(35)38-28)20-25(2)21-27-23-29(39-33(27)36)24-37-40(34(3,4)5,30-16-11-8-12-17-30)31-18-13-9-14-19-31/h8-9,11-14,16-19,26-29H,2,6-7,10,15,20-24H2,1,3-5H3/t26-,27-,28+,29-/m0/s1. The van der Waals surface area contributed by atoms with E-state index < -0.39 is 8.32 Å². The highest BCUT2D eigenvalue weighted by atomic mass is 28.4. The molecular weight excluding hydrogens is 516 g/mol. The lowest BCUT2D eigenvalue weighted by Crippen LogP contribution is -2.67. The minimum absolute atomic E-state index is 0.0244. The summed E-state index contributed by atoms with van der Waals surface area (Å²) in [5.74, 6) is -0.708. The van der Waals surface area contributed by atoms with Crippen molar-refractivity contribution >= 4 is 30.6 Å². The summed E-state index contributed by atoms with van der Waals surface area (Å²) in [4.78, 5) is 25.3. The molecule has 0 spiro atoms. The van der Waals surface area contributed by atoms with Gasteiger partial charge in [0, 0.05) is 6.42 Å². The molecule has 0 radical (unpaired) electrons. The molecule has 0 aromatic heterocycles. The van der Waals surface area contributed by atoms with Crippen LogP contribution in [0.15, 0.2) is 72.8 Å². The fraction of sp³-hybridized carbons (Fsp3) is 0.529. The predicted octanol–water partition coefficient (Wildman–Crippen LogP) is 6.34. The van der Waals surface area contributed by atoms with Gasteiger partial charge in [-0.2, -0.15) is 0 Å². The first-order chi connectivity index (χ1) is 19.1. The van der Waals surface area contributed by atoms with Crippen molar-refractivity contribution in [2.75, 3.05) is 6.61 Å². The van der Waals surface area contributed by atoms with E-state index in [4.69, 9.17) is 13.9 Å². The van der Waals surface area contributed by atoms with Gasteiger partial charge in [0.15, 0.2) is 0 Å². The second-order valence-electron chi connectivity index (χ2n) is 12.6. The van der Waals surface area contributed by atoms with Crippen molar-refractivity contribution in [3.63, 3.8) is 0 Å². The highest BCUT2D eigenvalue weighted by molar-refractivity contribution is 6.99. The van der Waals surface area contributed by atoms with E-state index in [0.717, 1.165) is 37.7 Å². The molecule has 2 aromatic carbocycles. The lowest BCUT2D eigenvalue weighted by Gasteiger charge is -2.43. The maximum Gasteiger partial charge on any atom is 0.309 e. The second-order valence-corrected chi connectivity index (χ2v) is 16.9. The number of benzene rings is 2. The molecule has 0 aliphatic carbocycles. The Balaban J connectivity index is 1.38. The van der Waals surface area contributed by atoms with Gasteiger partial charge in [-0.05, 0) is 47.5 Å². The van der Waals surface area contributed by atoms with Crippen molar-refractivity contribution in [3.05, 3.63) is 72.8 Å². The van der Waals surface area contributed by atoms with Gasteiger partial charge in [-0.25, -0.2) is 0 Å². The molecule has 2 aliphatic heterocycles. The molecule has 0 bridgehead atoms. The summed E-state index contributed by atoms with van der Waals surface area (Å²) >= 11 is 0. The number of allylic oxidation sites excluding steroid dienone is 1. The van der Waals surface area contributed by atoms with E-state index >= 15 is 0 Å². The zero-order valence-corrected chi connectivity index (χ0v) is 25.7. The lowest BCUT2D eigenvalue weighted by molar-refractivity contribution is -0.145. The first-order valence-corrected chi connectivity index (χ1v) is 16.9. The van der Waals surface area contributed by atoms with Crippen molar-refractivity contribution in [1.29, 1.82) is 0 Å². The molecule has 0 unspecified atom stereocenters. The smallest absolute Gasteiger partial charge is 0.309 e. The fourth-order valence-electron chi connectivity index (χ4n) is 6.44. The van der Waals surface area contributed by atoms with Crippen LogP contribution in [0.5, 0.6) is 0 Å². The van der Waals surface area contributed by atoms with E-state index in [1.54, 1.807) is 0 Å². The molecule has 5 nitrogen and oxygen atoms in total. The van der Waals surface area contributed by atoms with Crippen LogP contribution in [0.3, 0.4) is 0 Å². The second kappa shape index (κ2) is 13.3. The summed E-state index contributed by atoms with van der Waals surface area (Å²) in [6.45, 7) is 13.5. The zero-order chi connectivity index (χ0) is 28.8. The molecule has 2 aromatic rings. The third-order valence-corrected chi connectivity index (χ3v) is 13.4. The van der Waals surface area contributed by atoms with Gasteiger partial charge in [-0.15, -0.1) is 0 Å². The number of rotatable bonds is 13. The number of carbonyl (C=O) groups is 2. The van der Waals surface area contributed by atoms with Gasteiger partial charge in [0.25, 0.3) is 8.32 Å². The molecule has 4 rings (SSSR count). The van der Waals surface area contributed by atoms with Crippen molar-refractivity contribution < 1.29 is 23.5 Å². The van der Waals surface area contributed by atoms with Crippen LogP contribution < -0.4 is 10.4 Å². The Morgan fingerprint density at radius 1 is 0.850 bits per heavy atom. The summed E-state index contributed by atoms with van der Waals surface area (Å²) in [5.41, 5.74) is 0.923. The first-order valence-electron chi connectivity index (χ1n) is 15.0. The molecule has 0 amide bonds. The molecule has 2 saturated heterocycles. The third-order valence-electron chi connectivity index (χ3n) is 8.43. The molecule has 40 heavy (non-hydrogen) atoms. The van der Waals surface area contributed by atoms with E-state index in [-0.39, 0.29) is 41.0 Å². The van der Waals surface area contributed by atoms with Gasteiger partial charge < -0.3 is 13.9 Å². The summed E-state index contributed by atoms with van der Waals surface area (Å²) in [6.07, 6.45) is 6.55. The normalized spacial score (nSPS) is 23.2. The highest BCUT2D eigenvalue weighted by Crippen LogP contribution is 2.38. The molecule has 2 fully saturated rings. The number of ether oxygens (including phenoxy) is 2. The Morgan fingerprint density at radius 2 is 1.35 bits per heavy atom. The van der Waals surface area contributed by atoms with Crippen molar-refractivity contribution in [2.45, 2.75) is 96.3 Å². The van der Waals surface area contributed by atoms with Gasteiger partial charge in [0.2, 0.25) is 0 Å². The van der Waals surface area contributed by atoms with Crippen LogP contribution in [0.25, 0.3) is 0 Å². The van der Waals surface area contributed by atoms with Crippen LogP contribution in [-0.2, 0) is 23.5 Å². The van der Waals surface area contributed by atoms with Gasteiger partial charge in [0.05, 0.1) is 18.4 Å². The quantitative estimate of drug-likeness (QED) is 0.123. The summed E-state index contributed by atoms with van der Waals surface area (Å²) in [6, 6.07) is 21.0. The molecular formula is C34H46O5Si. The van der Waals surface area contributed by atoms with Crippen LogP contribution in [-0.4, -0.2) is 39.1 Å². The monoisotopic (exact) mass is 562 g/mol. The Kier molecular flexibility index (Phi) is 10.1. The van der Waals surface area contributed by atoms with Gasteiger partial charge in [-0.1, -0.05) is 113 Å². The first kappa shape index (κ1) is 30.3. The molecule has 2 aliphatic rings. The highest BCUT2D eigenvalue weighted by Gasteiger charge is 2.51. The Morgan fingerprint density at radius 3 is 1.85 bits per heavy atom. The number of unbranched alkanes of at least 4 members (excludes halogenated alkanes) is 2. The topological polar surface area (TPSA) is 61.8 Å². The largest absolute Gasteiger partial charge is 0.462 e. The van der Waals surface area contributed by atoms with E-state index in [9.17, 15) is 9.59 Å². The van der Waals surface area contributed by atoms with Crippen LogP contribution in [0, 0.1) is 11.8 Å². The van der Waals surface area contributed by atoms with Crippen molar-refractivity contribution in [1.82, 2.24) is 0 Å². The Bertz CT molecular complexity index is 1100. The minimum atomic E-state index is -2.70. The van der Waals surface area contributed by atoms with Crippen LogP contribution in [0.2, 0.25) is 5.04 Å². The van der Waals surface area contributed by atoms with Crippen LogP contribution >= 0.6 is 0 Å². The van der Waals surface area contributed by atoms with Gasteiger partial charge >= 0.3 is 11.9 Å². The van der Waals surface area contributed by atoms with E-state index in [0.29, 0.717) is 25.9 Å². The maximum absolute atomic E-state index is 12.9. The summed E-state index contributed by atoms with van der Waals surface area (Å²) in [7, 11) is -2.70. The number of hydrogen-bond acceptors (Lipinski definition) is 5. The van der Waals surface area contributed by atoms with Gasteiger partial charge in [0.1, 0.15) is 12.2 Å². The maximum atomic E-state index is 12.9. The average molecular weight is 563 g/mol. The fourth-order valence-corrected chi connectivity index (χ4v) is 11.0. The third kappa shape index (κ3) is 6.95. The Labute approximate surface area is 241 Å². The number of carbonyl (C=O) groups excluding carboxylic acids is 2. The molecule has 0 saturated carbocycles. The zero-order valence-electron chi connectivity index (χ0n) is 24.7.